The van der Waals surface area contributed by atoms with Crippen molar-refractivity contribution in [1.82, 2.24) is 0 Å². The van der Waals surface area contributed by atoms with Crippen LogP contribution in [0.3, 0.4) is 0 Å². The monoisotopic (exact) mass is 344 g/mol. The molecule has 5 heteroatoms. The first-order valence-electron chi connectivity index (χ1n) is 9.55. The van der Waals surface area contributed by atoms with Crippen molar-refractivity contribution >= 4 is 0 Å². The highest BCUT2D eigenvalue weighted by Gasteiger charge is 2.40. The van der Waals surface area contributed by atoms with Crippen molar-refractivity contribution in [2.45, 2.75) is 89.1 Å². The van der Waals surface area contributed by atoms with Crippen molar-refractivity contribution in [2.24, 2.45) is 0 Å². The topological polar surface area (TPSA) is 79.2 Å². The molecule has 0 radical (unpaired) electrons. The Balaban J connectivity index is 2.00. The van der Waals surface area contributed by atoms with Gasteiger partial charge in [0, 0.05) is 6.61 Å². The second kappa shape index (κ2) is 13.8. The molecule has 3 N–H and O–H groups in total. The van der Waals surface area contributed by atoms with E-state index in [4.69, 9.17) is 14.6 Å². The average molecular weight is 344 g/mol. The summed E-state index contributed by atoms with van der Waals surface area (Å²) in [7, 11) is 0. The van der Waals surface area contributed by atoms with Gasteiger partial charge in [0.15, 0.2) is 0 Å². The quantitative estimate of drug-likeness (QED) is 0.333. The fourth-order valence-corrected chi connectivity index (χ4v) is 2.94. The van der Waals surface area contributed by atoms with Crippen LogP contribution >= 0.6 is 0 Å². The summed E-state index contributed by atoms with van der Waals surface area (Å²) in [6, 6.07) is 0. The molecule has 142 valence electrons. The first-order valence-corrected chi connectivity index (χ1v) is 9.55. The number of aliphatic hydroxyl groups is 3. The van der Waals surface area contributed by atoms with E-state index >= 15 is 0 Å². The maximum atomic E-state index is 9.83. The minimum absolute atomic E-state index is 0.148. The van der Waals surface area contributed by atoms with E-state index < -0.39 is 24.4 Å². The summed E-state index contributed by atoms with van der Waals surface area (Å²) in [6.45, 7) is 2.53. The Morgan fingerprint density at radius 1 is 1.08 bits per heavy atom. The van der Waals surface area contributed by atoms with E-state index in [-0.39, 0.29) is 13.2 Å². The van der Waals surface area contributed by atoms with E-state index in [1.807, 2.05) is 0 Å². The molecule has 0 amide bonds. The van der Waals surface area contributed by atoms with Gasteiger partial charge in [-0.3, -0.25) is 0 Å². The molecule has 0 aromatic heterocycles. The van der Waals surface area contributed by atoms with Crippen LogP contribution in [-0.4, -0.2) is 59.6 Å². The van der Waals surface area contributed by atoms with Gasteiger partial charge in [0.05, 0.1) is 13.2 Å². The molecule has 1 saturated heterocycles. The Morgan fingerprint density at radius 3 is 2.38 bits per heavy atom. The highest BCUT2D eigenvalue weighted by Crippen LogP contribution is 2.21. The second-order valence-corrected chi connectivity index (χ2v) is 6.62. The van der Waals surface area contributed by atoms with Crippen LogP contribution in [0.1, 0.15) is 64.7 Å². The molecule has 0 saturated carbocycles. The molecular weight excluding hydrogens is 308 g/mol. The van der Waals surface area contributed by atoms with Crippen LogP contribution in [0, 0.1) is 0 Å². The Hall–Kier alpha value is -0.460. The van der Waals surface area contributed by atoms with Gasteiger partial charge in [0.25, 0.3) is 0 Å². The number of rotatable bonds is 14. The van der Waals surface area contributed by atoms with Gasteiger partial charge in [-0.1, -0.05) is 44.8 Å². The molecule has 0 spiro atoms. The van der Waals surface area contributed by atoms with Gasteiger partial charge >= 0.3 is 0 Å². The van der Waals surface area contributed by atoms with Crippen molar-refractivity contribution in [2.75, 3.05) is 19.8 Å². The number of hydrogen-bond donors (Lipinski definition) is 3. The van der Waals surface area contributed by atoms with Crippen LogP contribution in [0.15, 0.2) is 12.2 Å². The molecule has 0 aliphatic carbocycles. The van der Waals surface area contributed by atoms with E-state index in [1.54, 1.807) is 0 Å². The number of hydrogen-bond acceptors (Lipinski definition) is 5. The molecule has 1 aliphatic heterocycles. The van der Waals surface area contributed by atoms with Gasteiger partial charge in [0.1, 0.15) is 24.4 Å². The summed E-state index contributed by atoms with van der Waals surface area (Å²) in [5, 5.41) is 28.5. The maximum absolute atomic E-state index is 9.83. The average Bonchev–Trinajstić information content (AvgIpc) is 2.96. The molecule has 0 unspecified atom stereocenters. The van der Waals surface area contributed by atoms with Gasteiger partial charge in [-0.15, -0.1) is 0 Å². The van der Waals surface area contributed by atoms with E-state index in [0.717, 1.165) is 25.7 Å². The Bertz CT molecular complexity index is 321. The highest BCUT2D eigenvalue weighted by molar-refractivity contribution is 4.89. The SMILES string of the molecule is CCCCCC/C=C/CCCCCO[C@H]1[C@@H]([C@@H](O)CO)OC[C@H]1O. The molecule has 0 bridgehead atoms. The molecule has 24 heavy (non-hydrogen) atoms. The van der Waals surface area contributed by atoms with E-state index in [9.17, 15) is 10.2 Å². The normalized spacial score (nSPS) is 25.6. The van der Waals surface area contributed by atoms with Gasteiger partial charge < -0.3 is 24.8 Å². The fourth-order valence-electron chi connectivity index (χ4n) is 2.94. The predicted octanol–water partition coefficient (Wildman–Crippen LogP) is 2.57. The van der Waals surface area contributed by atoms with E-state index in [2.05, 4.69) is 19.1 Å². The van der Waals surface area contributed by atoms with E-state index in [0.29, 0.717) is 6.61 Å². The third kappa shape index (κ3) is 8.58. The first kappa shape index (κ1) is 21.6. The number of allylic oxidation sites excluding steroid dienone is 2. The zero-order valence-corrected chi connectivity index (χ0v) is 15.1. The van der Waals surface area contributed by atoms with Gasteiger partial charge in [-0.05, 0) is 32.1 Å². The smallest absolute Gasteiger partial charge is 0.114 e. The zero-order chi connectivity index (χ0) is 17.6. The largest absolute Gasteiger partial charge is 0.394 e. The number of unbranched alkanes of at least 4 members (excludes halogenated alkanes) is 7. The Morgan fingerprint density at radius 2 is 1.75 bits per heavy atom. The van der Waals surface area contributed by atoms with Crippen molar-refractivity contribution < 1.29 is 24.8 Å². The lowest BCUT2D eigenvalue weighted by Gasteiger charge is -2.23. The summed E-state index contributed by atoms with van der Waals surface area (Å²) in [5.74, 6) is 0. The molecular formula is C19H36O5. The maximum Gasteiger partial charge on any atom is 0.114 e. The molecule has 1 fully saturated rings. The second-order valence-electron chi connectivity index (χ2n) is 6.62. The molecule has 1 aliphatic rings. The molecule has 1 rings (SSSR count). The predicted molar refractivity (Wildman–Crippen MR) is 94.9 cm³/mol. The van der Waals surface area contributed by atoms with E-state index in [1.165, 1.54) is 32.1 Å². The van der Waals surface area contributed by atoms with Crippen molar-refractivity contribution in [3.8, 4) is 0 Å². The molecule has 4 atom stereocenters. The third-order valence-corrected chi connectivity index (χ3v) is 4.45. The van der Waals surface area contributed by atoms with Crippen LogP contribution in [-0.2, 0) is 9.47 Å². The first-order chi connectivity index (χ1) is 11.7. The highest BCUT2D eigenvalue weighted by atomic mass is 16.6. The van der Waals surface area contributed by atoms with Crippen molar-refractivity contribution in [3.05, 3.63) is 12.2 Å². The van der Waals surface area contributed by atoms with Gasteiger partial charge in [0.2, 0.25) is 0 Å². The summed E-state index contributed by atoms with van der Waals surface area (Å²) < 4.78 is 11.0. The number of aliphatic hydroxyl groups excluding tert-OH is 3. The lowest BCUT2D eigenvalue weighted by molar-refractivity contribution is -0.0937. The molecule has 0 aromatic rings. The summed E-state index contributed by atoms with van der Waals surface area (Å²) >= 11 is 0. The van der Waals surface area contributed by atoms with Gasteiger partial charge in [-0.25, -0.2) is 0 Å². The molecule has 1 heterocycles. The zero-order valence-electron chi connectivity index (χ0n) is 15.1. The van der Waals surface area contributed by atoms with Crippen LogP contribution < -0.4 is 0 Å². The molecule has 5 nitrogen and oxygen atoms in total. The standard InChI is InChI=1S/C19H36O5/c1-2-3-4-5-6-7-8-9-10-11-12-13-23-19-17(22)15-24-18(19)16(21)14-20/h7-8,16-22H,2-6,9-15H2,1H3/b8-7+/t16-,17+,18+,19+/m0/s1. The molecule has 0 aromatic carbocycles. The fraction of sp³-hybridized carbons (Fsp3) is 0.895. The third-order valence-electron chi connectivity index (χ3n) is 4.45. The minimum Gasteiger partial charge on any atom is -0.394 e. The van der Waals surface area contributed by atoms with Crippen LogP contribution in [0.5, 0.6) is 0 Å². The summed E-state index contributed by atoms with van der Waals surface area (Å²) in [4.78, 5) is 0. The Kier molecular flexibility index (Phi) is 12.4. The summed E-state index contributed by atoms with van der Waals surface area (Å²) in [6.07, 6.45) is 12.3. The lowest BCUT2D eigenvalue weighted by atomic mass is 10.1. The Labute approximate surface area is 146 Å². The minimum atomic E-state index is -1.00. The lowest BCUT2D eigenvalue weighted by Crippen LogP contribution is -2.42. The van der Waals surface area contributed by atoms with Crippen molar-refractivity contribution in [1.29, 1.82) is 0 Å². The van der Waals surface area contributed by atoms with Crippen molar-refractivity contribution in [3.63, 3.8) is 0 Å². The van der Waals surface area contributed by atoms with Crippen LogP contribution in [0.4, 0.5) is 0 Å². The van der Waals surface area contributed by atoms with Crippen LogP contribution in [0.2, 0.25) is 0 Å². The van der Waals surface area contributed by atoms with Crippen LogP contribution in [0.25, 0.3) is 0 Å². The summed E-state index contributed by atoms with van der Waals surface area (Å²) in [5.41, 5.74) is 0. The van der Waals surface area contributed by atoms with Gasteiger partial charge in [-0.2, -0.15) is 0 Å². The number of ether oxygens (including phenoxy) is 2.